The van der Waals surface area contributed by atoms with Crippen LogP contribution in [0.4, 0.5) is 10.5 Å². The van der Waals surface area contributed by atoms with Crippen LogP contribution in [-0.4, -0.2) is 73.6 Å². The molecule has 2 amide bonds. The van der Waals surface area contributed by atoms with Gasteiger partial charge in [-0.15, -0.1) is 0 Å². The summed E-state index contributed by atoms with van der Waals surface area (Å²) in [5, 5.41) is 3.16. The molecule has 25 heavy (non-hydrogen) atoms. The second-order valence-corrected chi connectivity index (χ2v) is 7.37. The van der Waals surface area contributed by atoms with Crippen molar-refractivity contribution < 1.29 is 4.79 Å². The van der Waals surface area contributed by atoms with Crippen molar-refractivity contribution in [2.24, 2.45) is 0 Å². The Bertz CT molecular complexity index is 553. The van der Waals surface area contributed by atoms with Crippen LogP contribution in [0.5, 0.6) is 0 Å². The number of aryl methyl sites for hydroxylation is 2. The van der Waals surface area contributed by atoms with Gasteiger partial charge in [-0.05, 0) is 65.0 Å². The van der Waals surface area contributed by atoms with Crippen molar-refractivity contribution in [3.8, 4) is 0 Å². The number of urea groups is 1. The smallest absolute Gasteiger partial charge is 0.321 e. The first-order valence-corrected chi connectivity index (χ1v) is 9.43. The number of para-hydroxylation sites is 1. The van der Waals surface area contributed by atoms with E-state index in [1.807, 2.05) is 36.9 Å². The lowest BCUT2D eigenvalue weighted by molar-refractivity contribution is 0.172. The molecule has 1 aliphatic rings. The van der Waals surface area contributed by atoms with Crippen LogP contribution < -0.4 is 5.32 Å². The number of rotatable bonds is 7. The summed E-state index contributed by atoms with van der Waals surface area (Å²) in [6.07, 6.45) is 2.42. The van der Waals surface area contributed by atoms with Gasteiger partial charge in [0, 0.05) is 31.4 Å². The summed E-state index contributed by atoms with van der Waals surface area (Å²) in [7, 11) is 4.10. The van der Waals surface area contributed by atoms with Gasteiger partial charge < -0.3 is 15.1 Å². The summed E-state index contributed by atoms with van der Waals surface area (Å²) in [4.78, 5) is 19.6. The van der Waals surface area contributed by atoms with E-state index in [0.29, 0.717) is 6.04 Å². The largest absolute Gasteiger partial charge is 0.322 e. The number of hydrogen-bond acceptors (Lipinski definition) is 3. The molecule has 1 heterocycles. The van der Waals surface area contributed by atoms with Gasteiger partial charge in [-0.25, -0.2) is 4.79 Å². The number of likely N-dealkylation sites (N-methyl/N-ethyl adjacent to an activating group) is 2. The second kappa shape index (κ2) is 9.20. The first-order chi connectivity index (χ1) is 11.9. The van der Waals surface area contributed by atoms with Crippen LogP contribution in [-0.2, 0) is 0 Å². The van der Waals surface area contributed by atoms with Crippen molar-refractivity contribution in [2.45, 2.75) is 39.7 Å². The highest BCUT2D eigenvalue weighted by Gasteiger charge is 2.27. The number of anilines is 1. The van der Waals surface area contributed by atoms with Gasteiger partial charge in [0.25, 0.3) is 0 Å². The maximum atomic E-state index is 13.0. The zero-order valence-corrected chi connectivity index (χ0v) is 16.5. The van der Waals surface area contributed by atoms with Crippen LogP contribution in [0.1, 0.15) is 30.9 Å². The number of likely N-dealkylation sites (tertiary alicyclic amines) is 1. The lowest BCUT2D eigenvalue weighted by Crippen LogP contribution is -2.47. The highest BCUT2D eigenvalue weighted by molar-refractivity contribution is 5.91. The Balaban J connectivity index is 2.09. The number of nitrogens with zero attached hydrogens (tertiary/aromatic N) is 3. The molecule has 5 heteroatoms. The predicted octanol–water partition coefficient (Wildman–Crippen LogP) is 3.18. The molecule has 1 aromatic rings. The third kappa shape index (κ3) is 5.44. The minimum absolute atomic E-state index is 0.0159. The maximum absolute atomic E-state index is 13.0. The van der Waals surface area contributed by atoms with Crippen molar-refractivity contribution >= 4 is 11.7 Å². The van der Waals surface area contributed by atoms with E-state index in [1.165, 1.54) is 12.8 Å². The van der Waals surface area contributed by atoms with Gasteiger partial charge in [-0.3, -0.25) is 4.90 Å². The molecule has 0 bridgehead atoms. The molecule has 2 rings (SSSR count). The number of amides is 2. The van der Waals surface area contributed by atoms with Gasteiger partial charge in [0.1, 0.15) is 0 Å². The molecule has 140 valence electrons. The number of nitrogens with one attached hydrogen (secondary N) is 1. The topological polar surface area (TPSA) is 38.8 Å². The average Bonchev–Trinajstić information content (AvgIpc) is 3.01. The van der Waals surface area contributed by atoms with Gasteiger partial charge in [-0.2, -0.15) is 0 Å². The highest BCUT2D eigenvalue weighted by Crippen LogP contribution is 2.21. The molecule has 0 radical (unpaired) electrons. The molecule has 1 N–H and O–H groups in total. The number of benzene rings is 1. The Kier molecular flexibility index (Phi) is 7.26. The monoisotopic (exact) mass is 346 g/mol. The van der Waals surface area contributed by atoms with E-state index in [1.54, 1.807) is 0 Å². The van der Waals surface area contributed by atoms with E-state index in [0.717, 1.165) is 49.5 Å². The van der Waals surface area contributed by atoms with Gasteiger partial charge in [0.05, 0.1) is 0 Å². The first-order valence-electron chi connectivity index (χ1n) is 9.43. The molecule has 1 aliphatic heterocycles. The van der Waals surface area contributed by atoms with Gasteiger partial charge >= 0.3 is 6.03 Å². The van der Waals surface area contributed by atoms with E-state index in [-0.39, 0.29) is 6.03 Å². The van der Waals surface area contributed by atoms with Crippen LogP contribution in [0.15, 0.2) is 18.2 Å². The van der Waals surface area contributed by atoms with Crippen molar-refractivity contribution in [2.75, 3.05) is 52.1 Å². The Hall–Kier alpha value is -1.59. The van der Waals surface area contributed by atoms with Crippen LogP contribution in [0.3, 0.4) is 0 Å². The third-order valence-electron chi connectivity index (χ3n) is 5.15. The molecule has 1 unspecified atom stereocenters. The van der Waals surface area contributed by atoms with Crippen molar-refractivity contribution in [3.63, 3.8) is 0 Å². The van der Waals surface area contributed by atoms with Gasteiger partial charge in [0.2, 0.25) is 0 Å². The van der Waals surface area contributed by atoms with Crippen LogP contribution in [0.2, 0.25) is 0 Å². The van der Waals surface area contributed by atoms with Crippen LogP contribution in [0.25, 0.3) is 0 Å². The minimum atomic E-state index is 0.0159. The summed E-state index contributed by atoms with van der Waals surface area (Å²) in [5.41, 5.74) is 3.16. The van der Waals surface area contributed by atoms with E-state index in [4.69, 9.17) is 0 Å². The third-order valence-corrected chi connectivity index (χ3v) is 5.15. The van der Waals surface area contributed by atoms with Gasteiger partial charge in [0.15, 0.2) is 0 Å². The Morgan fingerprint density at radius 3 is 2.52 bits per heavy atom. The predicted molar refractivity (Wildman–Crippen MR) is 105 cm³/mol. The molecule has 1 aromatic carbocycles. The average molecular weight is 347 g/mol. The fourth-order valence-electron chi connectivity index (χ4n) is 3.57. The Labute approximate surface area is 153 Å². The van der Waals surface area contributed by atoms with Crippen molar-refractivity contribution in [1.29, 1.82) is 0 Å². The number of hydrogen-bond donors (Lipinski definition) is 1. The zero-order valence-electron chi connectivity index (χ0n) is 16.5. The van der Waals surface area contributed by atoms with Crippen molar-refractivity contribution in [3.05, 3.63) is 29.3 Å². The summed E-state index contributed by atoms with van der Waals surface area (Å²) in [6.45, 7) is 10.9. The van der Waals surface area contributed by atoms with E-state index < -0.39 is 0 Å². The first kappa shape index (κ1) is 19.7. The number of carbonyl (C=O) groups excluding carboxylic acids is 1. The molecule has 0 aromatic heterocycles. The molecule has 1 fully saturated rings. The molecule has 1 saturated heterocycles. The lowest BCUT2D eigenvalue weighted by atomic mass is 10.1. The normalized spacial score (nSPS) is 17.9. The molecular weight excluding hydrogens is 312 g/mol. The summed E-state index contributed by atoms with van der Waals surface area (Å²) >= 11 is 0. The molecule has 0 spiro atoms. The molecule has 5 nitrogen and oxygen atoms in total. The molecule has 0 aliphatic carbocycles. The lowest BCUT2D eigenvalue weighted by Gasteiger charge is -2.31. The molecule has 1 atom stereocenters. The molecule has 0 saturated carbocycles. The van der Waals surface area contributed by atoms with Crippen molar-refractivity contribution in [1.82, 2.24) is 14.7 Å². The van der Waals surface area contributed by atoms with E-state index in [9.17, 15) is 4.79 Å². The quantitative estimate of drug-likeness (QED) is 0.824. The maximum Gasteiger partial charge on any atom is 0.321 e. The standard InChI is InChI=1S/C20H34N4O/c1-6-23-12-8-11-18(23)15-24(14-13-22(4)5)20(25)21-19-16(2)9-7-10-17(19)3/h7,9-10,18H,6,8,11-15H2,1-5H3,(H,21,25). The Morgan fingerprint density at radius 1 is 1.24 bits per heavy atom. The Morgan fingerprint density at radius 2 is 1.92 bits per heavy atom. The number of carbonyl (C=O) groups is 1. The van der Waals surface area contributed by atoms with Crippen LogP contribution in [0, 0.1) is 13.8 Å². The summed E-state index contributed by atoms with van der Waals surface area (Å²) in [5.74, 6) is 0. The fourth-order valence-corrected chi connectivity index (χ4v) is 3.57. The fraction of sp³-hybridized carbons (Fsp3) is 0.650. The van der Waals surface area contributed by atoms with Crippen LogP contribution >= 0.6 is 0 Å². The molecular formula is C20H34N4O. The highest BCUT2D eigenvalue weighted by atomic mass is 16.2. The van der Waals surface area contributed by atoms with Gasteiger partial charge in [-0.1, -0.05) is 25.1 Å². The minimum Gasteiger partial charge on any atom is -0.322 e. The van der Waals surface area contributed by atoms with E-state index >= 15 is 0 Å². The summed E-state index contributed by atoms with van der Waals surface area (Å²) in [6, 6.07) is 6.62. The SMILES string of the molecule is CCN1CCCC1CN(CCN(C)C)C(=O)Nc1c(C)cccc1C. The summed E-state index contributed by atoms with van der Waals surface area (Å²) < 4.78 is 0. The van der Waals surface area contributed by atoms with E-state index in [2.05, 4.69) is 36.1 Å². The second-order valence-electron chi connectivity index (χ2n) is 7.37. The zero-order chi connectivity index (χ0) is 18.4.